The van der Waals surface area contributed by atoms with Crippen molar-refractivity contribution in [1.82, 2.24) is 0 Å². The monoisotopic (exact) mass is 869 g/mol. The summed E-state index contributed by atoms with van der Waals surface area (Å²) in [5, 5.41) is 9.64. The number of allylic oxidation sites excluding steroid dienone is 26. The van der Waals surface area contributed by atoms with Gasteiger partial charge in [-0.3, -0.25) is 9.59 Å². The number of esters is 2. The Morgan fingerprint density at radius 1 is 0.492 bits per heavy atom. The molecule has 2 atom stereocenters. The Kier molecular flexibility index (Phi) is 40.1. The molecule has 0 aliphatic carbocycles. The SMILES string of the molecule is CC/C=C/C=C/C=C/C=C/C=C/C=C/C=C/CCCCCC(=O)OCC(COCCC(C(=O)O)[N+](C)(C)C)OC(=O)CCC/C=C/C/C=C/C/C=C/C/C=C/C/C=C/C/C=C/CC. The molecule has 0 aromatic heterocycles. The van der Waals surface area contributed by atoms with Crippen LogP contribution in [0.3, 0.4) is 0 Å². The maximum absolute atomic E-state index is 12.7. The van der Waals surface area contributed by atoms with Crippen LogP contribution < -0.4 is 0 Å². The number of nitrogens with zero attached hydrogens (tertiary/aromatic N) is 1. The largest absolute Gasteiger partial charge is 0.477 e. The number of carbonyl (C=O) groups excluding carboxylic acids is 2. The summed E-state index contributed by atoms with van der Waals surface area (Å²) in [6.07, 6.45) is 65.8. The molecule has 1 N–H and O–H groups in total. The van der Waals surface area contributed by atoms with E-state index in [0.29, 0.717) is 19.3 Å². The summed E-state index contributed by atoms with van der Waals surface area (Å²) >= 11 is 0. The molecule has 0 bridgehead atoms. The van der Waals surface area contributed by atoms with E-state index in [1.165, 1.54) is 0 Å². The number of likely N-dealkylation sites (N-methyl/N-ethyl adjacent to an activating group) is 1. The van der Waals surface area contributed by atoms with Gasteiger partial charge in [-0.15, -0.1) is 0 Å². The number of hydrogen-bond acceptors (Lipinski definition) is 6. The molecule has 0 radical (unpaired) electrons. The fourth-order valence-corrected chi connectivity index (χ4v) is 5.61. The number of carboxylic acids is 1. The Balaban J connectivity index is 4.58. The van der Waals surface area contributed by atoms with Crippen LogP contribution >= 0.6 is 0 Å². The van der Waals surface area contributed by atoms with Gasteiger partial charge < -0.3 is 23.8 Å². The number of ether oxygens (including phenoxy) is 3. The summed E-state index contributed by atoms with van der Waals surface area (Å²) < 4.78 is 17.2. The summed E-state index contributed by atoms with van der Waals surface area (Å²) in [5.41, 5.74) is 0. The summed E-state index contributed by atoms with van der Waals surface area (Å²) in [4.78, 5) is 37.1. The number of unbranched alkanes of at least 4 members (excludes halogenated alkanes) is 4. The van der Waals surface area contributed by atoms with Crippen LogP contribution in [0.25, 0.3) is 0 Å². The van der Waals surface area contributed by atoms with Crippen LogP contribution in [0.2, 0.25) is 0 Å². The fraction of sp³-hybridized carbons (Fsp3) is 0.473. The van der Waals surface area contributed by atoms with Crippen molar-refractivity contribution >= 4 is 17.9 Å². The zero-order valence-electron chi connectivity index (χ0n) is 39.4. The van der Waals surface area contributed by atoms with Crippen molar-refractivity contribution in [3.05, 3.63) is 158 Å². The minimum absolute atomic E-state index is 0.00944. The molecule has 0 heterocycles. The molecule has 0 amide bonds. The maximum atomic E-state index is 12.7. The summed E-state index contributed by atoms with van der Waals surface area (Å²) in [6, 6.07) is -0.645. The highest BCUT2D eigenvalue weighted by atomic mass is 16.6. The van der Waals surface area contributed by atoms with E-state index in [4.69, 9.17) is 14.2 Å². The van der Waals surface area contributed by atoms with Crippen molar-refractivity contribution in [3.8, 4) is 0 Å². The van der Waals surface area contributed by atoms with Crippen LogP contribution in [0.4, 0.5) is 0 Å². The third kappa shape index (κ3) is 42.0. The lowest BCUT2D eigenvalue weighted by molar-refractivity contribution is -0.887. The maximum Gasteiger partial charge on any atom is 0.362 e. The second-order valence-electron chi connectivity index (χ2n) is 15.7. The highest BCUT2D eigenvalue weighted by molar-refractivity contribution is 5.72. The van der Waals surface area contributed by atoms with E-state index in [1.807, 2.05) is 94.1 Å². The molecule has 8 nitrogen and oxygen atoms in total. The Morgan fingerprint density at radius 3 is 1.43 bits per heavy atom. The van der Waals surface area contributed by atoms with Gasteiger partial charge in [0.15, 0.2) is 12.1 Å². The van der Waals surface area contributed by atoms with E-state index in [1.54, 1.807) is 0 Å². The van der Waals surface area contributed by atoms with Crippen molar-refractivity contribution in [1.29, 1.82) is 0 Å². The predicted molar refractivity (Wildman–Crippen MR) is 265 cm³/mol. The second kappa shape index (κ2) is 43.6. The zero-order chi connectivity index (χ0) is 46.3. The zero-order valence-corrected chi connectivity index (χ0v) is 39.4. The number of carbonyl (C=O) groups is 3. The highest BCUT2D eigenvalue weighted by Gasteiger charge is 2.31. The molecule has 0 saturated heterocycles. The quantitative estimate of drug-likeness (QED) is 0.0217. The number of hydrogen-bond donors (Lipinski definition) is 1. The molecule has 348 valence electrons. The third-order valence-electron chi connectivity index (χ3n) is 9.12. The van der Waals surface area contributed by atoms with Crippen molar-refractivity contribution in [2.24, 2.45) is 0 Å². The van der Waals surface area contributed by atoms with Crippen LogP contribution in [0.5, 0.6) is 0 Å². The molecule has 2 unspecified atom stereocenters. The van der Waals surface area contributed by atoms with Gasteiger partial charge >= 0.3 is 17.9 Å². The summed E-state index contributed by atoms with van der Waals surface area (Å²) in [5.74, 6) is -1.63. The minimum Gasteiger partial charge on any atom is -0.477 e. The van der Waals surface area contributed by atoms with Crippen LogP contribution in [-0.2, 0) is 28.6 Å². The summed E-state index contributed by atoms with van der Waals surface area (Å²) in [7, 11) is 5.47. The fourth-order valence-electron chi connectivity index (χ4n) is 5.61. The molecule has 0 aliphatic rings. The standard InChI is InChI=1S/C55H81NO7/c1-6-8-10-12-14-16-18-20-22-24-26-28-30-32-34-36-38-40-42-44-46-54(58)63-51(49-61-48-47-52(55(59)60)56(3,4)5)50-62-53(57)45-43-41-39-37-35-33-31-29-27-25-23-21-19-17-15-13-11-9-7-2/h8-11,13-17,19-23,25-29,31-35,38,40,51-52H,6-7,12,18,24,30,36-37,39,41-50H2,1-5H3/p+1/b10-8+,11-9+,15-13+,16-14+,19-17+,22-20+,23-21+,27-25+,28-26+,31-29+,34-32+,35-33+,40-38+. The van der Waals surface area contributed by atoms with E-state index >= 15 is 0 Å². The topological polar surface area (TPSA) is 99.1 Å². The number of carboxylic acid groups (broad SMARTS) is 1. The van der Waals surface area contributed by atoms with E-state index in [0.717, 1.165) is 70.6 Å². The van der Waals surface area contributed by atoms with E-state index in [2.05, 4.69) is 98.9 Å². The molecule has 0 fully saturated rings. The van der Waals surface area contributed by atoms with E-state index in [9.17, 15) is 19.5 Å². The molecule has 0 aromatic rings. The predicted octanol–water partition coefficient (Wildman–Crippen LogP) is 13.1. The molecule has 0 aliphatic heterocycles. The van der Waals surface area contributed by atoms with Crippen molar-refractivity contribution in [2.75, 3.05) is 41.0 Å². The van der Waals surface area contributed by atoms with Gasteiger partial charge in [-0.1, -0.05) is 178 Å². The number of rotatable bonds is 38. The first-order chi connectivity index (χ1) is 30.6. The Morgan fingerprint density at radius 2 is 0.937 bits per heavy atom. The Bertz CT molecular complexity index is 1570. The van der Waals surface area contributed by atoms with Gasteiger partial charge in [0.2, 0.25) is 0 Å². The molecular weight excluding hydrogens is 787 g/mol. The van der Waals surface area contributed by atoms with Crippen LogP contribution in [0.1, 0.15) is 117 Å². The van der Waals surface area contributed by atoms with Crippen LogP contribution in [0.15, 0.2) is 158 Å². The molecule has 63 heavy (non-hydrogen) atoms. The summed E-state index contributed by atoms with van der Waals surface area (Å²) in [6.45, 7) is 4.32. The van der Waals surface area contributed by atoms with E-state index < -0.39 is 18.1 Å². The van der Waals surface area contributed by atoms with Gasteiger partial charge in [0.05, 0.1) is 34.4 Å². The van der Waals surface area contributed by atoms with Crippen LogP contribution in [-0.4, -0.2) is 80.6 Å². The lowest BCUT2D eigenvalue weighted by Gasteiger charge is -2.31. The second-order valence-corrected chi connectivity index (χ2v) is 15.7. The highest BCUT2D eigenvalue weighted by Crippen LogP contribution is 2.11. The normalized spacial score (nSPS) is 14.4. The average molecular weight is 869 g/mol. The molecule has 0 spiro atoms. The van der Waals surface area contributed by atoms with Gasteiger partial charge in [0.1, 0.15) is 6.61 Å². The first-order valence-electron chi connectivity index (χ1n) is 23.1. The first kappa shape index (κ1) is 58.0. The van der Waals surface area contributed by atoms with Crippen molar-refractivity contribution < 1.29 is 38.2 Å². The molecular formula is C55H82NO7+. The smallest absolute Gasteiger partial charge is 0.362 e. The lowest BCUT2D eigenvalue weighted by atomic mass is 10.1. The van der Waals surface area contributed by atoms with Crippen molar-refractivity contribution in [2.45, 2.75) is 129 Å². The molecule has 0 rings (SSSR count). The van der Waals surface area contributed by atoms with Crippen molar-refractivity contribution in [3.63, 3.8) is 0 Å². The lowest BCUT2D eigenvalue weighted by Crippen LogP contribution is -2.50. The van der Waals surface area contributed by atoms with Gasteiger partial charge in [-0.25, -0.2) is 4.79 Å². The Labute approximate surface area is 382 Å². The van der Waals surface area contributed by atoms with Gasteiger partial charge in [-0.05, 0) is 77.0 Å². The van der Waals surface area contributed by atoms with Crippen LogP contribution in [0, 0.1) is 0 Å². The van der Waals surface area contributed by atoms with Gasteiger partial charge in [0, 0.05) is 19.3 Å². The number of aliphatic carboxylic acids is 1. The molecule has 0 saturated carbocycles. The first-order valence-corrected chi connectivity index (χ1v) is 23.1. The molecule has 8 heteroatoms. The minimum atomic E-state index is -0.900. The van der Waals surface area contributed by atoms with E-state index in [-0.39, 0.29) is 49.1 Å². The molecule has 0 aromatic carbocycles. The Hall–Kier alpha value is -5.05. The third-order valence-corrected chi connectivity index (χ3v) is 9.12. The van der Waals surface area contributed by atoms with Gasteiger partial charge in [0.25, 0.3) is 0 Å². The van der Waals surface area contributed by atoms with Gasteiger partial charge in [-0.2, -0.15) is 0 Å². The average Bonchev–Trinajstić information content (AvgIpc) is 3.24. The number of quaternary nitrogens is 1.